The molecule has 1 aromatic carbocycles. The van der Waals surface area contributed by atoms with Gasteiger partial charge in [0.15, 0.2) is 5.78 Å². The molecule has 3 nitrogen and oxygen atoms in total. The van der Waals surface area contributed by atoms with E-state index >= 15 is 0 Å². The molecule has 3 unspecified atom stereocenters. The molecule has 1 aromatic rings. The Balaban J connectivity index is 1.75. The van der Waals surface area contributed by atoms with Crippen LogP contribution in [0.3, 0.4) is 0 Å². The summed E-state index contributed by atoms with van der Waals surface area (Å²) in [6.07, 6.45) is 13.8. The summed E-state index contributed by atoms with van der Waals surface area (Å²) in [6.45, 7) is 4.01. The number of hydrogen-bond donors (Lipinski definition) is 0. The molecule has 0 radical (unpaired) electrons. The van der Waals surface area contributed by atoms with Crippen molar-refractivity contribution in [3.8, 4) is 0 Å². The molecule has 0 heterocycles. The van der Waals surface area contributed by atoms with Crippen LogP contribution in [0.1, 0.15) is 56.6 Å². The van der Waals surface area contributed by atoms with Crippen molar-refractivity contribution in [3.63, 3.8) is 0 Å². The molecule has 3 rings (SSSR count). The molecular formula is C27H32O3. The molecule has 3 atom stereocenters. The number of allylic oxidation sites excluding steroid dienone is 6. The first kappa shape index (κ1) is 22.1. The van der Waals surface area contributed by atoms with Gasteiger partial charge in [0.1, 0.15) is 11.6 Å². The van der Waals surface area contributed by atoms with Crippen LogP contribution in [0.2, 0.25) is 0 Å². The molecule has 0 bridgehead atoms. The molecule has 3 heteroatoms. The van der Waals surface area contributed by atoms with Crippen molar-refractivity contribution in [1.82, 2.24) is 0 Å². The normalized spacial score (nSPS) is 23.9. The van der Waals surface area contributed by atoms with Crippen molar-refractivity contribution in [2.24, 2.45) is 17.8 Å². The topological polar surface area (TPSA) is 51.2 Å². The molecule has 0 spiro atoms. The molecule has 2 aliphatic rings. The summed E-state index contributed by atoms with van der Waals surface area (Å²) in [6, 6.07) is 8.13. The number of benzene rings is 1. The quantitative estimate of drug-likeness (QED) is 0.509. The summed E-state index contributed by atoms with van der Waals surface area (Å²) in [5.41, 5.74) is 3.54. The van der Waals surface area contributed by atoms with Gasteiger partial charge in [0.25, 0.3) is 0 Å². The van der Waals surface area contributed by atoms with Crippen molar-refractivity contribution in [2.75, 3.05) is 0 Å². The van der Waals surface area contributed by atoms with Crippen molar-refractivity contribution in [2.45, 2.75) is 58.8 Å². The van der Waals surface area contributed by atoms with Gasteiger partial charge in [0.2, 0.25) is 0 Å². The predicted molar refractivity (Wildman–Crippen MR) is 120 cm³/mol. The van der Waals surface area contributed by atoms with Crippen molar-refractivity contribution >= 4 is 17.3 Å². The zero-order valence-electron chi connectivity index (χ0n) is 18.1. The van der Waals surface area contributed by atoms with Crippen LogP contribution < -0.4 is 0 Å². The number of carbonyl (C=O) groups excluding carboxylic acids is 3. The Bertz CT molecular complexity index is 870. The summed E-state index contributed by atoms with van der Waals surface area (Å²) in [4.78, 5) is 39.0. The van der Waals surface area contributed by atoms with Crippen molar-refractivity contribution in [1.29, 1.82) is 0 Å². The van der Waals surface area contributed by atoms with E-state index in [4.69, 9.17) is 0 Å². The fourth-order valence-electron chi connectivity index (χ4n) is 4.56. The number of carbonyl (C=O) groups is 3. The highest BCUT2D eigenvalue weighted by molar-refractivity contribution is 6.01. The van der Waals surface area contributed by atoms with Crippen LogP contribution in [-0.2, 0) is 20.8 Å². The van der Waals surface area contributed by atoms with Crippen LogP contribution in [0.4, 0.5) is 0 Å². The van der Waals surface area contributed by atoms with Gasteiger partial charge in [0.05, 0.1) is 0 Å². The molecule has 1 fully saturated rings. The second-order valence-electron chi connectivity index (χ2n) is 8.65. The maximum atomic E-state index is 13.4. The van der Waals surface area contributed by atoms with Gasteiger partial charge in [-0.2, -0.15) is 0 Å². The second kappa shape index (κ2) is 10.5. The van der Waals surface area contributed by atoms with E-state index < -0.39 is 5.92 Å². The Morgan fingerprint density at radius 1 is 1.13 bits per heavy atom. The molecule has 30 heavy (non-hydrogen) atoms. The van der Waals surface area contributed by atoms with Crippen LogP contribution in [0, 0.1) is 24.7 Å². The van der Waals surface area contributed by atoms with Gasteiger partial charge in [-0.1, -0.05) is 66.6 Å². The minimum atomic E-state index is -0.495. The number of hydrogen-bond acceptors (Lipinski definition) is 3. The summed E-state index contributed by atoms with van der Waals surface area (Å²) in [5.74, 6) is -0.965. The average Bonchev–Trinajstić information content (AvgIpc) is 3.25. The van der Waals surface area contributed by atoms with Crippen molar-refractivity contribution in [3.05, 3.63) is 71.3 Å². The molecule has 0 N–H and O–H groups in total. The highest BCUT2D eigenvalue weighted by Crippen LogP contribution is 2.37. The molecule has 0 amide bonds. The highest BCUT2D eigenvalue weighted by Gasteiger charge is 2.43. The lowest BCUT2D eigenvalue weighted by Gasteiger charge is -2.34. The van der Waals surface area contributed by atoms with Gasteiger partial charge in [-0.25, -0.2) is 0 Å². The minimum absolute atomic E-state index is 0.0502. The predicted octanol–water partition coefficient (Wildman–Crippen LogP) is 5.52. The molecule has 2 aliphatic carbocycles. The SMILES string of the molecule is CC/C=C\C(=O)CC1C(=O)C(Cc2ccc(C)cc2)CC(=O)C1CCC1=CC=CC1. The van der Waals surface area contributed by atoms with Gasteiger partial charge in [-0.3, -0.25) is 14.4 Å². The third-order valence-corrected chi connectivity index (χ3v) is 6.30. The lowest BCUT2D eigenvalue weighted by molar-refractivity contribution is -0.143. The molecule has 0 aliphatic heterocycles. The number of Topliss-reactive ketones (excluding diaryl/α,β-unsaturated/α-hetero) is 2. The summed E-state index contributed by atoms with van der Waals surface area (Å²) in [5, 5.41) is 0. The zero-order chi connectivity index (χ0) is 21.5. The monoisotopic (exact) mass is 404 g/mol. The fraction of sp³-hybridized carbons (Fsp3) is 0.444. The smallest absolute Gasteiger partial charge is 0.156 e. The Kier molecular flexibility index (Phi) is 7.73. The van der Waals surface area contributed by atoms with Crippen LogP contribution in [0.15, 0.2) is 60.2 Å². The van der Waals surface area contributed by atoms with Crippen molar-refractivity contribution < 1.29 is 14.4 Å². The summed E-state index contributed by atoms with van der Waals surface area (Å²) in [7, 11) is 0. The third-order valence-electron chi connectivity index (χ3n) is 6.30. The van der Waals surface area contributed by atoms with E-state index in [1.807, 2.05) is 50.3 Å². The molecule has 158 valence electrons. The summed E-state index contributed by atoms with van der Waals surface area (Å²) >= 11 is 0. The Hall–Kier alpha value is -2.55. The highest BCUT2D eigenvalue weighted by atomic mass is 16.1. The molecule has 0 aromatic heterocycles. The zero-order valence-corrected chi connectivity index (χ0v) is 18.1. The first-order chi connectivity index (χ1) is 14.5. The van der Waals surface area contributed by atoms with E-state index in [1.165, 1.54) is 11.1 Å². The number of aryl methyl sites for hydroxylation is 1. The van der Waals surface area contributed by atoms with Gasteiger partial charge in [-0.05, 0) is 50.7 Å². The van der Waals surface area contributed by atoms with Gasteiger partial charge in [-0.15, -0.1) is 0 Å². The Morgan fingerprint density at radius 2 is 1.90 bits per heavy atom. The summed E-state index contributed by atoms with van der Waals surface area (Å²) < 4.78 is 0. The number of ketones is 3. The lowest BCUT2D eigenvalue weighted by Crippen LogP contribution is -2.42. The Morgan fingerprint density at radius 3 is 2.57 bits per heavy atom. The van der Waals surface area contributed by atoms with E-state index in [-0.39, 0.29) is 35.6 Å². The van der Waals surface area contributed by atoms with Crippen LogP contribution in [0.5, 0.6) is 0 Å². The van der Waals surface area contributed by atoms with E-state index in [0.717, 1.165) is 24.8 Å². The minimum Gasteiger partial charge on any atom is -0.299 e. The van der Waals surface area contributed by atoms with Gasteiger partial charge in [0, 0.05) is 30.6 Å². The van der Waals surface area contributed by atoms with E-state index in [9.17, 15) is 14.4 Å². The first-order valence-electron chi connectivity index (χ1n) is 11.1. The average molecular weight is 405 g/mol. The maximum Gasteiger partial charge on any atom is 0.156 e. The fourth-order valence-corrected chi connectivity index (χ4v) is 4.56. The van der Waals surface area contributed by atoms with Gasteiger partial charge < -0.3 is 0 Å². The Labute approximate surface area is 179 Å². The molecule has 0 saturated heterocycles. The number of rotatable bonds is 9. The first-order valence-corrected chi connectivity index (χ1v) is 11.1. The van der Waals surface area contributed by atoms with Crippen LogP contribution in [-0.4, -0.2) is 17.3 Å². The third kappa shape index (κ3) is 5.75. The van der Waals surface area contributed by atoms with Crippen LogP contribution >= 0.6 is 0 Å². The molecular weight excluding hydrogens is 372 g/mol. The molecule has 1 saturated carbocycles. The van der Waals surface area contributed by atoms with E-state index in [0.29, 0.717) is 19.3 Å². The van der Waals surface area contributed by atoms with E-state index in [2.05, 4.69) is 12.2 Å². The van der Waals surface area contributed by atoms with Gasteiger partial charge >= 0.3 is 0 Å². The second-order valence-corrected chi connectivity index (χ2v) is 8.65. The standard InChI is InChI=1S/C27H32O3/c1-3-4-9-23(28)18-25-24(15-14-20-7-5-6-8-20)26(29)17-22(27(25)30)16-21-12-10-19(2)11-13-21/h4-7,9-13,22,24-25H,3,8,14-18H2,1-2H3/b9-4-. The lowest BCUT2D eigenvalue weighted by atomic mass is 9.67. The van der Waals surface area contributed by atoms with Crippen LogP contribution in [0.25, 0.3) is 0 Å². The largest absolute Gasteiger partial charge is 0.299 e. The maximum absolute atomic E-state index is 13.4. The van der Waals surface area contributed by atoms with E-state index in [1.54, 1.807) is 6.08 Å².